The molecule has 2 aromatic carbocycles. The summed E-state index contributed by atoms with van der Waals surface area (Å²) >= 11 is 2.77. The van der Waals surface area contributed by atoms with Crippen molar-refractivity contribution in [2.45, 2.75) is 26.2 Å². The average molecular weight is 515 g/mol. The largest absolute Gasteiger partial charge is 0.353 e. The van der Waals surface area contributed by atoms with Crippen molar-refractivity contribution < 1.29 is 9.59 Å². The van der Waals surface area contributed by atoms with Crippen LogP contribution in [0.4, 0.5) is 11.4 Å². The first-order valence-electron chi connectivity index (χ1n) is 11.5. The fraction of sp³-hybridized carbons (Fsp3) is 0.179. The number of carbonyl (C=O) groups excluding carboxylic acids is 2. The van der Waals surface area contributed by atoms with Gasteiger partial charge in [0.1, 0.15) is 0 Å². The second-order valence-electron chi connectivity index (χ2n) is 8.22. The summed E-state index contributed by atoms with van der Waals surface area (Å²) in [5.41, 5.74) is 5.03. The molecule has 0 bridgehead atoms. The van der Waals surface area contributed by atoms with Gasteiger partial charge in [-0.3, -0.25) is 9.59 Å². The summed E-state index contributed by atoms with van der Waals surface area (Å²) in [6, 6.07) is 21.2. The molecule has 1 unspecified atom stereocenters. The molecule has 0 radical (unpaired) electrons. The Balaban J connectivity index is 1.55. The summed E-state index contributed by atoms with van der Waals surface area (Å²) in [5, 5.41) is 23.7. The van der Waals surface area contributed by atoms with E-state index in [-0.39, 0.29) is 17.6 Å². The molecule has 8 heteroatoms. The third kappa shape index (κ3) is 5.88. The number of nitrogens with one attached hydrogen (secondary N) is 3. The lowest BCUT2D eigenvalue weighted by Gasteiger charge is -2.29. The number of nitriles is 1. The Hall–Kier alpha value is -3.80. The number of hydrogen-bond donors (Lipinski definition) is 3. The first-order chi connectivity index (χ1) is 17.5. The molecule has 1 aliphatic rings. The molecule has 0 saturated heterocycles. The van der Waals surface area contributed by atoms with Gasteiger partial charge in [-0.05, 0) is 65.6 Å². The van der Waals surface area contributed by atoms with Crippen LogP contribution in [0.15, 0.2) is 93.3 Å². The zero-order valence-corrected chi connectivity index (χ0v) is 21.6. The minimum Gasteiger partial charge on any atom is -0.353 e. The Labute approximate surface area is 219 Å². The van der Waals surface area contributed by atoms with E-state index in [1.165, 1.54) is 28.7 Å². The lowest BCUT2D eigenvalue weighted by Crippen LogP contribution is -2.31. The number of rotatable bonds is 8. The molecule has 1 atom stereocenters. The maximum Gasteiger partial charge on any atom is 0.254 e. The van der Waals surface area contributed by atoms with Gasteiger partial charge in [0, 0.05) is 22.6 Å². The van der Waals surface area contributed by atoms with Crippen molar-refractivity contribution in [1.82, 2.24) is 5.32 Å². The second-order valence-corrected chi connectivity index (χ2v) is 9.98. The number of benzene rings is 2. The van der Waals surface area contributed by atoms with Crippen LogP contribution >= 0.6 is 23.1 Å². The summed E-state index contributed by atoms with van der Waals surface area (Å²) in [7, 11) is 0. The number of aryl methyl sites for hydroxylation is 1. The topological polar surface area (TPSA) is 94.0 Å². The molecule has 0 aliphatic carbocycles. The van der Waals surface area contributed by atoms with Gasteiger partial charge < -0.3 is 16.0 Å². The highest BCUT2D eigenvalue weighted by Gasteiger charge is 2.35. The highest BCUT2D eigenvalue weighted by atomic mass is 32.2. The lowest BCUT2D eigenvalue weighted by atomic mass is 9.83. The van der Waals surface area contributed by atoms with Crippen molar-refractivity contribution in [2.75, 3.05) is 16.4 Å². The maximum atomic E-state index is 13.4. The van der Waals surface area contributed by atoms with E-state index in [2.05, 4.69) is 28.9 Å². The Morgan fingerprint density at radius 3 is 2.42 bits per heavy atom. The van der Waals surface area contributed by atoms with Crippen molar-refractivity contribution in [2.24, 2.45) is 0 Å². The minimum atomic E-state index is -0.529. The highest BCUT2D eigenvalue weighted by Crippen LogP contribution is 2.41. The van der Waals surface area contributed by atoms with E-state index in [4.69, 9.17) is 0 Å². The summed E-state index contributed by atoms with van der Waals surface area (Å²) in [6.45, 7) is 3.90. The molecule has 1 aromatic heterocycles. The molecular weight excluding hydrogens is 488 g/mol. The van der Waals surface area contributed by atoms with Gasteiger partial charge >= 0.3 is 0 Å². The van der Waals surface area contributed by atoms with E-state index in [1.54, 1.807) is 0 Å². The smallest absolute Gasteiger partial charge is 0.254 e. The van der Waals surface area contributed by atoms with Crippen LogP contribution in [0, 0.1) is 11.3 Å². The van der Waals surface area contributed by atoms with E-state index in [0.29, 0.717) is 27.6 Å². The van der Waals surface area contributed by atoms with Gasteiger partial charge in [0.2, 0.25) is 5.91 Å². The number of para-hydroxylation sites is 1. The quantitative estimate of drug-likeness (QED) is 0.342. The van der Waals surface area contributed by atoms with Gasteiger partial charge in [-0.2, -0.15) is 16.6 Å². The van der Waals surface area contributed by atoms with Gasteiger partial charge in [0.25, 0.3) is 5.91 Å². The van der Waals surface area contributed by atoms with Crippen LogP contribution in [0.2, 0.25) is 0 Å². The number of carbonyl (C=O) groups is 2. The molecule has 0 saturated carbocycles. The number of hydrogen-bond acceptors (Lipinski definition) is 6. The van der Waals surface area contributed by atoms with Crippen LogP contribution in [0.3, 0.4) is 0 Å². The van der Waals surface area contributed by atoms with E-state index < -0.39 is 5.92 Å². The molecule has 0 spiro atoms. The van der Waals surface area contributed by atoms with Crippen molar-refractivity contribution in [3.63, 3.8) is 0 Å². The third-order valence-electron chi connectivity index (χ3n) is 5.79. The van der Waals surface area contributed by atoms with Gasteiger partial charge in [-0.1, -0.05) is 49.0 Å². The van der Waals surface area contributed by atoms with Crippen LogP contribution in [-0.2, 0) is 16.0 Å². The van der Waals surface area contributed by atoms with Crippen molar-refractivity contribution in [3.05, 3.63) is 104 Å². The molecule has 1 aliphatic heterocycles. The molecule has 0 fully saturated rings. The molecule has 6 nitrogen and oxygen atoms in total. The monoisotopic (exact) mass is 514 g/mol. The standard InChI is InChI=1S/C28H26N4O2S2/c1-3-19-9-11-22(12-10-19)31-24(33)17-36-28-23(15-29)26(20-13-14-35-16-20)25(18(2)30-28)27(34)32-21-7-5-4-6-8-21/h4-14,16,26,30H,3,17H2,1-2H3,(H,31,33)(H,32,34). The summed E-state index contributed by atoms with van der Waals surface area (Å²) in [4.78, 5) is 26.0. The fourth-order valence-corrected chi connectivity index (χ4v) is 5.56. The first kappa shape index (κ1) is 25.3. The Kier molecular flexibility index (Phi) is 8.26. The van der Waals surface area contributed by atoms with Crippen molar-refractivity contribution in [1.29, 1.82) is 5.26 Å². The summed E-state index contributed by atoms with van der Waals surface area (Å²) in [5.74, 6) is -0.846. The Bertz CT molecular complexity index is 1340. The van der Waals surface area contributed by atoms with Crippen molar-refractivity contribution in [3.8, 4) is 6.07 Å². The van der Waals surface area contributed by atoms with Crippen LogP contribution < -0.4 is 16.0 Å². The lowest BCUT2D eigenvalue weighted by molar-refractivity contribution is -0.114. The molecule has 182 valence electrons. The van der Waals surface area contributed by atoms with Gasteiger partial charge in [-0.25, -0.2) is 0 Å². The predicted molar refractivity (Wildman–Crippen MR) is 148 cm³/mol. The summed E-state index contributed by atoms with van der Waals surface area (Å²) < 4.78 is 0. The normalized spacial score (nSPS) is 15.2. The number of amides is 2. The molecule has 2 heterocycles. The molecule has 4 rings (SSSR count). The van der Waals surface area contributed by atoms with E-state index in [0.717, 1.165) is 17.7 Å². The van der Waals surface area contributed by atoms with Crippen LogP contribution in [0.1, 0.15) is 30.9 Å². The van der Waals surface area contributed by atoms with Crippen molar-refractivity contribution >= 4 is 46.3 Å². The van der Waals surface area contributed by atoms with Gasteiger partial charge in [0.05, 0.1) is 28.3 Å². The maximum absolute atomic E-state index is 13.4. The highest BCUT2D eigenvalue weighted by molar-refractivity contribution is 8.03. The minimum absolute atomic E-state index is 0.123. The third-order valence-corrected chi connectivity index (χ3v) is 7.51. The number of anilines is 2. The number of allylic oxidation sites excluding steroid dienone is 2. The van der Waals surface area contributed by atoms with E-state index >= 15 is 0 Å². The van der Waals surface area contributed by atoms with Gasteiger partial charge in [-0.15, -0.1) is 0 Å². The zero-order chi connectivity index (χ0) is 25.5. The molecule has 36 heavy (non-hydrogen) atoms. The SMILES string of the molecule is CCc1ccc(NC(=O)CSC2=C(C#N)C(c3ccsc3)C(C(=O)Nc3ccccc3)=C(C)N2)cc1. The Morgan fingerprint density at radius 2 is 1.78 bits per heavy atom. The first-order valence-corrected chi connectivity index (χ1v) is 13.4. The summed E-state index contributed by atoms with van der Waals surface area (Å²) in [6.07, 6.45) is 0.935. The number of thiophene rings is 1. The van der Waals surface area contributed by atoms with Gasteiger partial charge in [0.15, 0.2) is 0 Å². The zero-order valence-electron chi connectivity index (χ0n) is 20.0. The molecular formula is C28H26N4O2S2. The average Bonchev–Trinajstić information content (AvgIpc) is 3.42. The number of dihydropyridines is 1. The fourth-order valence-electron chi connectivity index (χ4n) is 3.98. The van der Waals surface area contributed by atoms with Crippen LogP contribution in [0.25, 0.3) is 0 Å². The van der Waals surface area contributed by atoms with Crippen LogP contribution in [-0.4, -0.2) is 17.6 Å². The van der Waals surface area contributed by atoms with Crippen LogP contribution in [0.5, 0.6) is 0 Å². The van der Waals surface area contributed by atoms with E-state index in [1.807, 2.05) is 78.3 Å². The predicted octanol–water partition coefficient (Wildman–Crippen LogP) is 6.02. The van der Waals surface area contributed by atoms with E-state index in [9.17, 15) is 14.9 Å². The Morgan fingerprint density at radius 1 is 1.06 bits per heavy atom. The molecule has 3 aromatic rings. The number of nitrogens with zero attached hydrogens (tertiary/aromatic N) is 1. The second kappa shape index (κ2) is 11.8. The number of thioether (sulfide) groups is 1. The molecule has 2 amide bonds. The molecule has 3 N–H and O–H groups in total.